The third-order valence-corrected chi connectivity index (χ3v) is 5.67. The quantitative estimate of drug-likeness (QED) is 0.419. The number of hydrogen-bond donors (Lipinski definition) is 1. The van der Waals surface area contributed by atoms with Gasteiger partial charge < -0.3 is 4.74 Å². The first-order valence-electron chi connectivity index (χ1n) is 10.3. The summed E-state index contributed by atoms with van der Waals surface area (Å²) in [6, 6.07) is 19.2. The van der Waals surface area contributed by atoms with E-state index in [9.17, 15) is 14.4 Å². The molecule has 0 spiro atoms. The van der Waals surface area contributed by atoms with Gasteiger partial charge in [0.25, 0.3) is 11.8 Å². The molecule has 4 rings (SSSR count). The van der Waals surface area contributed by atoms with Gasteiger partial charge in [0.05, 0.1) is 5.69 Å². The first-order valence-corrected chi connectivity index (χ1v) is 10.7. The molecule has 0 bridgehead atoms. The monoisotopic (exact) mass is 460 g/mol. The number of barbiturate groups is 1. The Kier molecular flexibility index (Phi) is 6.29. The number of ether oxygens (including phenoxy) is 1. The van der Waals surface area contributed by atoms with Gasteiger partial charge in [0.15, 0.2) is 0 Å². The van der Waals surface area contributed by atoms with Gasteiger partial charge in [-0.05, 0) is 60.9 Å². The van der Waals surface area contributed by atoms with Crippen molar-refractivity contribution in [3.8, 4) is 5.75 Å². The SMILES string of the molecule is Cc1cccc(COc2ccc(/C=C3\C(=O)NC(=O)N(c4cccc(Cl)c4C)C3=O)cc2)c1. The molecule has 6 nitrogen and oxygen atoms in total. The summed E-state index contributed by atoms with van der Waals surface area (Å²) in [5, 5.41) is 2.63. The minimum absolute atomic E-state index is 0.151. The number of hydrogen-bond acceptors (Lipinski definition) is 4. The summed E-state index contributed by atoms with van der Waals surface area (Å²) >= 11 is 6.15. The van der Waals surface area contributed by atoms with Gasteiger partial charge in [-0.25, -0.2) is 9.69 Å². The molecule has 0 aliphatic carbocycles. The summed E-state index contributed by atoms with van der Waals surface area (Å²) in [4.78, 5) is 38.8. The van der Waals surface area contributed by atoms with Gasteiger partial charge in [-0.3, -0.25) is 14.9 Å². The smallest absolute Gasteiger partial charge is 0.335 e. The molecule has 3 aromatic carbocycles. The van der Waals surface area contributed by atoms with E-state index < -0.39 is 17.8 Å². The predicted molar refractivity (Wildman–Crippen MR) is 127 cm³/mol. The first-order chi connectivity index (χ1) is 15.8. The highest BCUT2D eigenvalue weighted by molar-refractivity contribution is 6.39. The van der Waals surface area contributed by atoms with Crippen molar-refractivity contribution in [2.75, 3.05) is 4.90 Å². The van der Waals surface area contributed by atoms with Crippen molar-refractivity contribution in [3.05, 3.63) is 99.6 Å². The number of imide groups is 2. The van der Waals surface area contributed by atoms with Crippen LogP contribution in [0.25, 0.3) is 6.08 Å². The molecule has 1 saturated heterocycles. The minimum Gasteiger partial charge on any atom is -0.489 e. The Morgan fingerprint density at radius 1 is 0.970 bits per heavy atom. The fraction of sp³-hybridized carbons (Fsp3) is 0.115. The van der Waals surface area contributed by atoms with Crippen LogP contribution >= 0.6 is 11.6 Å². The van der Waals surface area contributed by atoms with E-state index in [4.69, 9.17) is 16.3 Å². The van der Waals surface area contributed by atoms with Crippen molar-refractivity contribution in [2.45, 2.75) is 20.5 Å². The molecule has 0 radical (unpaired) electrons. The third kappa shape index (κ3) is 4.81. The first kappa shape index (κ1) is 22.3. The Labute approximate surface area is 196 Å². The van der Waals surface area contributed by atoms with E-state index in [0.29, 0.717) is 34.2 Å². The number of benzene rings is 3. The fourth-order valence-corrected chi connectivity index (χ4v) is 3.68. The highest BCUT2D eigenvalue weighted by atomic mass is 35.5. The van der Waals surface area contributed by atoms with Crippen LogP contribution in [0.5, 0.6) is 5.75 Å². The van der Waals surface area contributed by atoms with Crippen molar-refractivity contribution >= 4 is 41.2 Å². The summed E-state index contributed by atoms with van der Waals surface area (Å²) in [6.45, 7) is 4.16. The van der Waals surface area contributed by atoms with Crippen LogP contribution in [-0.4, -0.2) is 17.8 Å². The summed E-state index contributed by atoms with van der Waals surface area (Å²) in [6.07, 6.45) is 1.45. The van der Waals surface area contributed by atoms with Gasteiger partial charge in [-0.1, -0.05) is 59.6 Å². The molecule has 1 fully saturated rings. The van der Waals surface area contributed by atoms with E-state index in [1.807, 2.05) is 25.1 Å². The molecule has 3 aromatic rings. The van der Waals surface area contributed by atoms with E-state index in [1.165, 1.54) is 6.08 Å². The number of rotatable bonds is 5. The van der Waals surface area contributed by atoms with E-state index in [1.54, 1.807) is 49.4 Å². The van der Waals surface area contributed by atoms with Crippen molar-refractivity contribution < 1.29 is 19.1 Å². The van der Waals surface area contributed by atoms with Gasteiger partial charge in [-0.15, -0.1) is 0 Å². The summed E-state index contributed by atoms with van der Waals surface area (Å²) in [7, 11) is 0. The van der Waals surface area contributed by atoms with E-state index in [-0.39, 0.29) is 5.57 Å². The molecule has 1 aliphatic rings. The van der Waals surface area contributed by atoms with Crippen molar-refractivity contribution in [1.29, 1.82) is 0 Å². The zero-order valence-corrected chi connectivity index (χ0v) is 18.8. The molecular weight excluding hydrogens is 440 g/mol. The lowest BCUT2D eigenvalue weighted by molar-refractivity contribution is -0.122. The second kappa shape index (κ2) is 9.30. The van der Waals surface area contributed by atoms with Gasteiger partial charge >= 0.3 is 6.03 Å². The Hall–Kier alpha value is -3.90. The van der Waals surface area contributed by atoms with Gasteiger partial charge in [-0.2, -0.15) is 0 Å². The Bertz CT molecular complexity index is 1280. The van der Waals surface area contributed by atoms with Crippen LogP contribution in [0, 0.1) is 13.8 Å². The molecule has 166 valence electrons. The number of halogens is 1. The van der Waals surface area contributed by atoms with Crippen LogP contribution in [0.4, 0.5) is 10.5 Å². The molecule has 1 heterocycles. The molecule has 0 saturated carbocycles. The lowest BCUT2D eigenvalue weighted by atomic mass is 10.1. The molecule has 33 heavy (non-hydrogen) atoms. The highest BCUT2D eigenvalue weighted by Crippen LogP contribution is 2.29. The zero-order valence-electron chi connectivity index (χ0n) is 18.1. The van der Waals surface area contributed by atoms with E-state index in [0.717, 1.165) is 16.0 Å². The van der Waals surface area contributed by atoms with Crippen LogP contribution in [0.15, 0.2) is 72.3 Å². The maximum Gasteiger partial charge on any atom is 0.335 e. The molecule has 1 N–H and O–H groups in total. The predicted octanol–water partition coefficient (Wildman–Crippen LogP) is 5.20. The van der Waals surface area contributed by atoms with Crippen LogP contribution < -0.4 is 15.0 Å². The number of nitrogens with one attached hydrogen (secondary N) is 1. The normalized spacial score (nSPS) is 15.1. The maximum absolute atomic E-state index is 13.1. The molecule has 7 heteroatoms. The highest BCUT2D eigenvalue weighted by Gasteiger charge is 2.37. The maximum atomic E-state index is 13.1. The number of aryl methyl sites for hydroxylation is 1. The number of nitrogens with zero attached hydrogens (tertiary/aromatic N) is 1. The lowest BCUT2D eigenvalue weighted by Crippen LogP contribution is -2.54. The molecule has 0 atom stereocenters. The Balaban J connectivity index is 1.54. The average Bonchev–Trinajstić information content (AvgIpc) is 2.79. The summed E-state index contributed by atoms with van der Waals surface area (Å²) in [5.41, 5.74) is 3.58. The number of carbonyl (C=O) groups is 3. The van der Waals surface area contributed by atoms with E-state index >= 15 is 0 Å². The van der Waals surface area contributed by atoms with Crippen LogP contribution in [-0.2, 0) is 16.2 Å². The van der Waals surface area contributed by atoms with Gasteiger partial charge in [0, 0.05) is 5.02 Å². The Morgan fingerprint density at radius 3 is 2.42 bits per heavy atom. The lowest BCUT2D eigenvalue weighted by Gasteiger charge is -2.27. The van der Waals surface area contributed by atoms with E-state index in [2.05, 4.69) is 11.4 Å². The van der Waals surface area contributed by atoms with Crippen molar-refractivity contribution in [1.82, 2.24) is 5.32 Å². The summed E-state index contributed by atoms with van der Waals surface area (Å²) < 4.78 is 5.82. The topological polar surface area (TPSA) is 75.7 Å². The van der Waals surface area contributed by atoms with Gasteiger partial charge in [0.1, 0.15) is 17.9 Å². The van der Waals surface area contributed by atoms with Crippen molar-refractivity contribution in [3.63, 3.8) is 0 Å². The third-order valence-electron chi connectivity index (χ3n) is 5.26. The molecular formula is C26H21ClN2O4. The average molecular weight is 461 g/mol. The largest absolute Gasteiger partial charge is 0.489 e. The zero-order chi connectivity index (χ0) is 23.5. The second-order valence-corrected chi connectivity index (χ2v) is 8.10. The standard InChI is InChI=1S/C26H21ClN2O4/c1-16-5-3-6-19(13-16)15-33-20-11-9-18(10-12-20)14-21-24(30)28-26(32)29(25(21)31)23-8-4-7-22(27)17(23)2/h3-14H,15H2,1-2H3,(H,28,30,32)/b21-14+. The number of carbonyl (C=O) groups excluding carboxylic acids is 3. The van der Waals surface area contributed by atoms with Crippen LogP contribution in [0.2, 0.25) is 5.02 Å². The van der Waals surface area contributed by atoms with Crippen LogP contribution in [0.1, 0.15) is 22.3 Å². The van der Waals surface area contributed by atoms with Crippen molar-refractivity contribution in [2.24, 2.45) is 0 Å². The molecule has 0 aromatic heterocycles. The molecule has 1 aliphatic heterocycles. The molecule has 0 unspecified atom stereocenters. The fourth-order valence-electron chi connectivity index (χ4n) is 3.51. The second-order valence-electron chi connectivity index (χ2n) is 7.69. The summed E-state index contributed by atoms with van der Waals surface area (Å²) in [5.74, 6) is -0.806. The number of anilines is 1. The molecule has 4 amide bonds. The number of urea groups is 1. The van der Waals surface area contributed by atoms with Gasteiger partial charge in [0.2, 0.25) is 0 Å². The minimum atomic E-state index is -0.813. The van der Waals surface area contributed by atoms with Crippen LogP contribution in [0.3, 0.4) is 0 Å². The number of amides is 4. The Morgan fingerprint density at radius 2 is 1.70 bits per heavy atom.